The lowest BCUT2D eigenvalue weighted by atomic mass is 10.1. The van der Waals surface area contributed by atoms with Crippen LogP contribution >= 0.6 is 9.24 Å². The van der Waals surface area contributed by atoms with Crippen LogP contribution in [0.2, 0.25) is 0 Å². The van der Waals surface area contributed by atoms with Crippen LogP contribution in [0.15, 0.2) is 12.2 Å². The molecule has 1 heteroatoms. The molecule has 77 valence electrons. The zero-order valence-electron chi connectivity index (χ0n) is 9.02. The molecule has 0 amide bonds. The maximum atomic E-state index is 3.42. The maximum Gasteiger partial charge on any atom is -0.0136 e. The summed E-state index contributed by atoms with van der Waals surface area (Å²) in [4.78, 5) is 0. The molecule has 0 aliphatic carbocycles. The van der Waals surface area contributed by atoms with Gasteiger partial charge in [-0.1, -0.05) is 66.8 Å². The van der Waals surface area contributed by atoms with Gasteiger partial charge < -0.3 is 0 Å². The summed E-state index contributed by atoms with van der Waals surface area (Å²) in [6, 6.07) is 0. The van der Waals surface area contributed by atoms with Gasteiger partial charge in [0.15, 0.2) is 0 Å². The topological polar surface area (TPSA) is 0 Å². The molecular weight excluding hydrogens is 175 g/mol. The van der Waals surface area contributed by atoms with Crippen molar-refractivity contribution < 1.29 is 0 Å². The van der Waals surface area contributed by atoms with Gasteiger partial charge in [0.1, 0.15) is 0 Å². The van der Waals surface area contributed by atoms with Gasteiger partial charge in [-0.15, -0.1) is 0 Å². The van der Waals surface area contributed by atoms with Crippen molar-refractivity contribution in [1.29, 1.82) is 0 Å². The predicted molar refractivity (Wildman–Crippen MR) is 64.9 cm³/mol. The van der Waals surface area contributed by atoms with Gasteiger partial charge in [0.05, 0.1) is 0 Å². The number of allylic oxidation sites excluding steroid dienone is 2. The molecule has 0 aromatic heterocycles. The summed E-state index contributed by atoms with van der Waals surface area (Å²) in [6.45, 7) is 2.27. The highest BCUT2D eigenvalue weighted by atomic mass is 31.0. The molecule has 0 atom stereocenters. The fourth-order valence-electron chi connectivity index (χ4n) is 1.42. The van der Waals surface area contributed by atoms with E-state index in [0.29, 0.717) is 0 Å². The van der Waals surface area contributed by atoms with Gasteiger partial charge in [-0.25, -0.2) is 0 Å². The molecule has 0 fully saturated rings. The first-order valence-corrected chi connectivity index (χ1v) is 6.42. The first-order valence-electron chi connectivity index (χ1n) is 5.71. The van der Waals surface area contributed by atoms with Gasteiger partial charge in [-0.05, 0) is 19.0 Å². The van der Waals surface area contributed by atoms with Crippen LogP contribution in [0.5, 0.6) is 0 Å². The number of hydrogen-bond donors (Lipinski definition) is 0. The number of unbranched alkanes of at least 4 members (excludes halogenated alkanes) is 7. The summed E-state index contributed by atoms with van der Waals surface area (Å²) in [7, 11) is 3.42. The van der Waals surface area contributed by atoms with Crippen LogP contribution < -0.4 is 0 Å². The van der Waals surface area contributed by atoms with Crippen molar-refractivity contribution >= 4 is 9.24 Å². The van der Waals surface area contributed by atoms with Crippen molar-refractivity contribution in [1.82, 2.24) is 0 Å². The van der Waals surface area contributed by atoms with E-state index in [1.807, 2.05) is 0 Å². The minimum atomic E-state index is 0.997. The summed E-state index contributed by atoms with van der Waals surface area (Å²) in [5.41, 5.74) is 0. The van der Waals surface area contributed by atoms with Gasteiger partial charge in [-0.3, -0.25) is 0 Å². The molecule has 0 heterocycles. The summed E-state index contributed by atoms with van der Waals surface area (Å²) in [6.07, 6.45) is 16.6. The van der Waals surface area contributed by atoms with E-state index in [1.165, 1.54) is 51.4 Å². The van der Waals surface area contributed by atoms with Gasteiger partial charge in [0.2, 0.25) is 0 Å². The molecule has 0 aromatic rings. The largest absolute Gasteiger partial charge is 0.0951 e. The van der Waals surface area contributed by atoms with E-state index < -0.39 is 0 Å². The van der Waals surface area contributed by atoms with E-state index in [0.717, 1.165) is 6.16 Å². The highest BCUT2D eigenvalue weighted by molar-refractivity contribution is 7.16. The molecule has 0 N–H and O–H groups in total. The van der Waals surface area contributed by atoms with Crippen LogP contribution in [-0.2, 0) is 0 Å². The average Bonchev–Trinajstić information content (AvgIpc) is 2.16. The lowest BCUT2D eigenvalue weighted by Gasteiger charge is -1.98. The van der Waals surface area contributed by atoms with Gasteiger partial charge >= 0.3 is 0 Å². The number of rotatable bonds is 9. The first kappa shape index (κ1) is 13.2. The van der Waals surface area contributed by atoms with E-state index in [2.05, 4.69) is 28.3 Å². The second-order valence-electron chi connectivity index (χ2n) is 3.59. The Bertz CT molecular complexity index is 108. The third kappa shape index (κ3) is 12.2. The molecule has 1 radical (unpaired) electrons. The molecule has 13 heavy (non-hydrogen) atoms. The Morgan fingerprint density at radius 1 is 0.846 bits per heavy atom. The smallest absolute Gasteiger partial charge is 0.0136 e. The zero-order chi connectivity index (χ0) is 9.78. The summed E-state index contributed by atoms with van der Waals surface area (Å²) in [5, 5.41) is 0. The normalized spacial score (nSPS) is 11.2. The lowest BCUT2D eigenvalue weighted by Crippen LogP contribution is -1.78. The highest BCUT2D eigenvalue weighted by Crippen LogP contribution is 2.08. The van der Waals surface area contributed by atoms with Crippen LogP contribution in [0, 0.1) is 0 Å². The average molecular weight is 199 g/mol. The molecule has 0 saturated heterocycles. The van der Waals surface area contributed by atoms with Crippen molar-refractivity contribution in [2.24, 2.45) is 0 Å². The van der Waals surface area contributed by atoms with Crippen LogP contribution in [0.25, 0.3) is 0 Å². The van der Waals surface area contributed by atoms with Crippen molar-refractivity contribution in [2.45, 2.75) is 58.3 Å². The minimum Gasteiger partial charge on any atom is -0.0951 e. The Hall–Kier alpha value is 0.170. The van der Waals surface area contributed by atoms with E-state index in [9.17, 15) is 0 Å². The quantitative estimate of drug-likeness (QED) is 0.283. The molecule has 0 aliphatic heterocycles. The molecular formula is C12H24P. The third-order valence-electron chi connectivity index (χ3n) is 2.26. The van der Waals surface area contributed by atoms with Crippen molar-refractivity contribution in [3.63, 3.8) is 0 Å². The Balaban J connectivity index is 2.87. The molecule has 0 rings (SSSR count). The van der Waals surface area contributed by atoms with Crippen molar-refractivity contribution in [3.05, 3.63) is 12.2 Å². The van der Waals surface area contributed by atoms with Gasteiger partial charge in [-0.2, -0.15) is 0 Å². The molecule has 0 bridgehead atoms. The summed E-state index contributed by atoms with van der Waals surface area (Å²) in [5.74, 6) is 0. The molecule has 0 unspecified atom stereocenters. The van der Waals surface area contributed by atoms with Crippen molar-refractivity contribution in [2.75, 3.05) is 6.16 Å². The molecule has 0 nitrogen and oxygen atoms in total. The number of hydrogen-bond acceptors (Lipinski definition) is 0. The predicted octanol–water partition coefficient (Wildman–Crippen LogP) is 4.83. The fraction of sp³-hybridized carbons (Fsp3) is 0.833. The van der Waals surface area contributed by atoms with E-state index in [1.54, 1.807) is 0 Å². The Morgan fingerprint density at radius 2 is 1.46 bits per heavy atom. The Morgan fingerprint density at radius 3 is 2.08 bits per heavy atom. The Labute approximate surface area is 86.4 Å². The zero-order valence-corrected chi connectivity index (χ0v) is 10.0. The van der Waals surface area contributed by atoms with Crippen LogP contribution in [0.4, 0.5) is 0 Å². The van der Waals surface area contributed by atoms with E-state index in [4.69, 9.17) is 0 Å². The van der Waals surface area contributed by atoms with Gasteiger partial charge in [0.25, 0.3) is 0 Å². The maximum absolute atomic E-state index is 3.42. The fourth-order valence-corrected chi connectivity index (χ4v) is 1.59. The van der Waals surface area contributed by atoms with Crippen LogP contribution in [0.1, 0.15) is 58.3 Å². The van der Waals surface area contributed by atoms with Gasteiger partial charge in [0, 0.05) is 0 Å². The Kier molecular flexibility index (Phi) is 12.3. The van der Waals surface area contributed by atoms with Crippen LogP contribution in [-0.4, -0.2) is 6.16 Å². The standard InChI is InChI=1S/C12H24P/c1-2-3-4-5-6-7-8-9-10-11-12-13/h10-11,13H,2-9,12H2,1H3. The molecule has 0 saturated carbocycles. The molecule has 0 aromatic carbocycles. The second kappa shape index (κ2) is 12.2. The van der Waals surface area contributed by atoms with E-state index in [-0.39, 0.29) is 0 Å². The minimum absolute atomic E-state index is 0.997. The third-order valence-corrected chi connectivity index (χ3v) is 2.49. The van der Waals surface area contributed by atoms with E-state index >= 15 is 0 Å². The first-order chi connectivity index (χ1) is 6.41. The molecule has 0 aliphatic rings. The molecule has 0 spiro atoms. The monoisotopic (exact) mass is 199 g/mol. The van der Waals surface area contributed by atoms with Crippen LogP contribution in [0.3, 0.4) is 0 Å². The van der Waals surface area contributed by atoms with Crippen molar-refractivity contribution in [3.8, 4) is 0 Å². The summed E-state index contributed by atoms with van der Waals surface area (Å²) < 4.78 is 0. The highest BCUT2D eigenvalue weighted by Gasteiger charge is 1.88. The SMILES string of the molecule is CCCCCCCCCC=CC[PH]. The lowest BCUT2D eigenvalue weighted by molar-refractivity contribution is 0.592. The second-order valence-corrected chi connectivity index (χ2v) is 3.99. The summed E-state index contributed by atoms with van der Waals surface area (Å²) >= 11 is 0.